The maximum atomic E-state index is 6.12. The molecule has 116 valence electrons. The van der Waals surface area contributed by atoms with Crippen molar-refractivity contribution in [2.75, 3.05) is 14.2 Å². The molecule has 0 aliphatic carbocycles. The smallest absolute Gasteiger partial charge is 0.179 e. The first kappa shape index (κ1) is 16.5. The molecule has 0 spiro atoms. The lowest BCUT2D eigenvalue weighted by Gasteiger charge is -2.09. The van der Waals surface area contributed by atoms with E-state index in [0.29, 0.717) is 28.2 Å². The van der Waals surface area contributed by atoms with Crippen LogP contribution in [0.1, 0.15) is 11.1 Å². The highest BCUT2D eigenvalue weighted by Gasteiger charge is 2.09. The predicted molar refractivity (Wildman–Crippen MR) is 88.4 cm³/mol. The molecule has 0 unspecified atom stereocenters. The molecule has 4 nitrogen and oxygen atoms in total. The van der Waals surface area contributed by atoms with Crippen LogP contribution >= 0.6 is 23.2 Å². The third-order valence-corrected chi connectivity index (χ3v) is 3.37. The van der Waals surface area contributed by atoms with Crippen LogP contribution in [-0.4, -0.2) is 20.4 Å². The van der Waals surface area contributed by atoms with Gasteiger partial charge in [0.25, 0.3) is 0 Å². The van der Waals surface area contributed by atoms with Gasteiger partial charge in [-0.15, -0.1) is 0 Å². The van der Waals surface area contributed by atoms with E-state index in [1.54, 1.807) is 31.5 Å². The molecule has 2 aromatic carbocycles. The van der Waals surface area contributed by atoms with Crippen molar-refractivity contribution < 1.29 is 14.3 Å². The second-order valence-electron chi connectivity index (χ2n) is 4.38. The van der Waals surface area contributed by atoms with Gasteiger partial charge in [-0.1, -0.05) is 40.5 Å². The molecule has 0 N–H and O–H groups in total. The molecule has 0 amide bonds. The summed E-state index contributed by atoms with van der Waals surface area (Å²) < 4.78 is 10.4. The summed E-state index contributed by atoms with van der Waals surface area (Å²) in [6.45, 7) is 0.331. The number of hydrogen-bond donors (Lipinski definition) is 0. The summed E-state index contributed by atoms with van der Waals surface area (Å²) in [5.41, 5.74) is 1.68. The van der Waals surface area contributed by atoms with Crippen LogP contribution in [0.4, 0.5) is 0 Å². The number of benzene rings is 2. The first-order valence-electron chi connectivity index (χ1n) is 6.45. The van der Waals surface area contributed by atoms with Crippen LogP contribution < -0.4 is 9.47 Å². The zero-order chi connectivity index (χ0) is 15.9. The second kappa shape index (κ2) is 7.92. The van der Waals surface area contributed by atoms with E-state index in [0.717, 1.165) is 11.1 Å². The Bertz CT molecular complexity index is 674. The van der Waals surface area contributed by atoms with Gasteiger partial charge in [0.15, 0.2) is 11.5 Å². The molecule has 0 fully saturated rings. The molecular formula is C16H15Cl2NO3. The van der Waals surface area contributed by atoms with Crippen LogP contribution in [0, 0.1) is 0 Å². The van der Waals surface area contributed by atoms with E-state index in [2.05, 4.69) is 5.16 Å². The van der Waals surface area contributed by atoms with E-state index >= 15 is 0 Å². The Kier molecular flexibility index (Phi) is 5.92. The topological polar surface area (TPSA) is 40.0 Å². The van der Waals surface area contributed by atoms with Crippen LogP contribution in [0.25, 0.3) is 0 Å². The minimum absolute atomic E-state index is 0.331. The van der Waals surface area contributed by atoms with E-state index < -0.39 is 0 Å². The van der Waals surface area contributed by atoms with Crippen molar-refractivity contribution in [3.63, 3.8) is 0 Å². The Balaban J connectivity index is 2.02. The molecule has 0 aliphatic heterocycles. The second-order valence-corrected chi connectivity index (χ2v) is 5.22. The predicted octanol–water partition coefficient (Wildman–Crippen LogP) is 4.56. The summed E-state index contributed by atoms with van der Waals surface area (Å²) >= 11 is 12.0. The van der Waals surface area contributed by atoms with Crippen molar-refractivity contribution in [2.45, 2.75) is 6.61 Å². The highest BCUT2D eigenvalue weighted by molar-refractivity contribution is 6.32. The fraction of sp³-hybridized carbons (Fsp3) is 0.188. The van der Waals surface area contributed by atoms with Crippen molar-refractivity contribution in [3.8, 4) is 11.5 Å². The summed E-state index contributed by atoms with van der Waals surface area (Å²) in [6, 6.07) is 10.9. The van der Waals surface area contributed by atoms with Crippen molar-refractivity contribution in [1.82, 2.24) is 0 Å². The standard InChI is InChI=1S/C16H15Cl2NO3/c1-20-15-8-12(7-14(18)16(15)21-2)9-19-22-10-11-4-3-5-13(17)6-11/h3-9H,10H2,1-2H3/b19-9-. The fourth-order valence-corrected chi connectivity index (χ4v) is 2.36. The van der Waals surface area contributed by atoms with Crippen LogP contribution in [0.3, 0.4) is 0 Å². The average molecular weight is 340 g/mol. The van der Waals surface area contributed by atoms with Crippen molar-refractivity contribution in [2.24, 2.45) is 5.16 Å². The Morgan fingerprint density at radius 1 is 1.09 bits per heavy atom. The molecule has 0 saturated heterocycles. The molecule has 6 heteroatoms. The normalized spacial score (nSPS) is 10.7. The maximum Gasteiger partial charge on any atom is 0.179 e. The molecule has 0 heterocycles. The molecule has 0 radical (unpaired) electrons. The lowest BCUT2D eigenvalue weighted by molar-refractivity contribution is 0.132. The minimum atomic E-state index is 0.331. The zero-order valence-electron chi connectivity index (χ0n) is 12.2. The summed E-state index contributed by atoms with van der Waals surface area (Å²) in [6.07, 6.45) is 1.55. The number of rotatable bonds is 6. The van der Waals surface area contributed by atoms with Gasteiger partial charge in [-0.25, -0.2) is 0 Å². The number of nitrogens with zero attached hydrogens (tertiary/aromatic N) is 1. The quantitative estimate of drug-likeness (QED) is 0.572. The maximum absolute atomic E-state index is 6.12. The van der Waals surface area contributed by atoms with Gasteiger partial charge >= 0.3 is 0 Å². The number of oxime groups is 1. The molecule has 0 atom stereocenters. The lowest BCUT2D eigenvalue weighted by atomic mass is 10.2. The lowest BCUT2D eigenvalue weighted by Crippen LogP contribution is -1.94. The van der Waals surface area contributed by atoms with E-state index in [9.17, 15) is 0 Å². The molecule has 22 heavy (non-hydrogen) atoms. The van der Waals surface area contributed by atoms with Gasteiger partial charge < -0.3 is 14.3 Å². The Labute approximate surface area is 139 Å². The van der Waals surface area contributed by atoms with E-state index in [1.165, 1.54) is 7.11 Å². The van der Waals surface area contributed by atoms with E-state index in [4.69, 9.17) is 37.5 Å². The van der Waals surface area contributed by atoms with Crippen LogP contribution in [0.5, 0.6) is 11.5 Å². The minimum Gasteiger partial charge on any atom is -0.493 e. The number of hydrogen-bond acceptors (Lipinski definition) is 4. The SMILES string of the molecule is COc1cc(/C=N\OCc2cccc(Cl)c2)cc(Cl)c1OC. The molecule has 0 aromatic heterocycles. The largest absolute Gasteiger partial charge is 0.493 e. The van der Waals surface area contributed by atoms with Crippen molar-refractivity contribution >= 4 is 29.4 Å². The van der Waals surface area contributed by atoms with Gasteiger partial charge in [0, 0.05) is 10.6 Å². The highest BCUT2D eigenvalue weighted by atomic mass is 35.5. The molecule has 2 rings (SSSR count). The summed E-state index contributed by atoms with van der Waals surface area (Å²) in [5.74, 6) is 1.02. The zero-order valence-corrected chi connectivity index (χ0v) is 13.7. The summed E-state index contributed by atoms with van der Waals surface area (Å²) in [7, 11) is 3.08. The first-order valence-corrected chi connectivity index (χ1v) is 7.21. The molecular weight excluding hydrogens is 325 g/mol. The van der Waals surface area contributed by atoms with Crippen LogP contribution in [0.2, 0.25) is 10.0 Å². The fourth-order valence-electron chi connectivity index (χ4n) is 1.85. The summed E-state index contributed by atoms with van der Waals surface area (Å²) in [4.78, 5) is 5.24. The third kappa shape index (κ3) is 4.29. The number of halogens is 2. The highest BCUT2D eigenvalue weighted by Crippen LogP contribution is 2.35. The monoisotopic (exact) mass is 339 g/mol. The van der Waals surface area contributed by atoms with Gasteiger partial charge in [0.05, 0.1) is 25.5 Å². The van der Waals surface area contributed by atoms with Crippen molar-refractivity contribution in [1.29, 1.82) is 0 Å². The molecule has 0 bridgehead atoms. The Hall–Kier alpha value is -1.91. The molecule has 0 saturated carbocycles. The number of ether oxygens (including phenoxy) is 2. The van der Waals surface area contributed by atoms with Crippen molar-refractivity contribution in [3.05, 3.63) is 57.6 Å². The van der Waals surface area contributed by atoms with Gasteiger partial charge in [-0.05, 0) is 29.8 Å². The van der Waals surface area contributed by atoms with Crippen LogP contribution in [0.15, 0.2) is 41.6 Å². The summed E-state index contributed by atoms with van der Waals surface area (Å²) in [5, 5.41) is 5.02. The third-order valence-electron chi connectivity index (χ3n) is 2.85. The van der Waals surface area contributed by atoms with E-state index in [1.807, 2.05) is 18.2 Å². The average Bonchev–Trinajstić information content (AvgIpc) is 2.51. The Morgan fingerprint density at radius 2 is 1.91 bits per heavy atom. The van der Waals surface area contributed by atoms with Gasteiger partial charge in [0.2, 0.25) is 0 Å². The molecule has 0 aliphatic rings. The van der Waals surface area contributed by atoms with Crippen LogP contribution in [-0.2, 0) is 11.4 Å². The van der Waals surface area contributed by atoms with Gasteiger partial charge in [-0.3, -0.25) is 0 Å². The number of methoxy groups -OCH3 is 2. The molecule has 2 aromatic rings. The first-order chi connectivity index (χ1) is 10.6. The van der Waals surface area contributed by atoms with Gasteiger partial charge in [0.1, 0.15) is 6.61 Å². The van der Waals surface area contributed by atoms with Gasteiger partial charge in [-0.2, -0.15) is 0 Å². The van der Waals surface area contributed by atoms with E-state index in [-0.39, 0.29) is 0 Å². The Morgan fingerprint density at radius 3 is 2.59 bits per heavy atom.